The van der Waals surface area contributed by atoms with Crippen molar-refractivity contribution in [3.8, 4) is 5.13 Å². The lowest BCUT2D eigenvalue weighted by molar-refractivity contribution is -0.126. The summed E-state index contributed by atoms with van der Waals surface area (Å²) in [6.45, 7) is 1.70. The number of carboxylic acids is 1. The zero-order valence-electron chi connectivity index (χ0n) is 17.9. The van der Waals surface area contributed by atoms with Crippen molar-refractivity contribution in [3.05, 3.63) is 40.2 Å². The van der Waals surface area contributed by atoms with E-state index in [4.69, 9.17) is 4.74 Å². The highest BCUT2D eigenvalue weighted by molar-refractivity contribution is 7.08. The number of amides is 1. The largest absolute Gasteiger partial charge is 0.477 e. The van der Waals surface area contributed by atoms with Crippen molar-refractivity contribution < 1.29 is 23.8 Å². The Morgan fingerprint density at radius 3 is 2.82 bits per heavy atom. The maximum Gasteiger partial charge on any atom is 0.341 e. The number of carboxylic acid groups (broad SMARTS) is 1. The molecule has 1 amide bonds. The quantitative estimate of drug-likeness (QED) is 0.524. The lowest BCUT2D eigenvalue weighted by Crippen LogP contribution is -2.55. The van der Waals surface area contributed by atoms with Gasteiger partial charge in [-0.2, -0.15) is 4.37 Å². The average Bonchev–Trinajstić information content (AvgIpc) is 3.33. The van der Waals surface area contributed by atoms with E-state index in [0.29, 0.717) is 13.2 Å². The SMILES string of the molecule is O=C(O)c1cn(-c2ncns2)c2nc(N3CC(C(=O)NCC4CCCCO4)C3)c(F)cc2c1=O. The Kier molecular flexibility index (Phi) is 5.96. The van der Waals surface area contributed by atoms with Crippen LogP contribution in [0.15, 0.2) is 23.4 Å². The summed E-state index contributed by atoms with van der Waals surface area (Å²) in [6.07, 6.45) is 5.47. The maximum atomic E-state index is 15.0. The number of anilines is 1. The van der Waals surface area contributed by atoms with Gasteiger partial charge in [-0.05, 0) is 25.3 Å². The summed E-state index contributed by atoms with van der Waals surface area (Å²) in [7, 11) is 0. The second kappa shape index (κ2) is 9.06. The highest BCUT2D eigenvalue weighted by Crippen LogP contribution is 2.29. The van der Waals surface area contributed by atoms with Crippen molar-refractivity contribution in [2.45, 2.75) is 25.4 Å². The molecule has 1 unspecified atom stereocenters. The normalized spacial score (nSPS) is 18.6. The van der Waals surface area contributed by atoms with Crippen molar-refractivity contribution in [1.29, 1.82) is 0 Å². The molecule has 0 saturated carbocycles. The molecule has 0 radical (unpaired) electrons. The van der Waals surface area contributed by atoms with E-state index in [1.165, 1.54) is 10.9 Å². The molecule has 2 aliphatic heterocycles. The van der Waals surface area contributed by atoms with Crippen LogP contribution in [0.1, 0.15) is 29.6 Å². The molecule has 3 aromatic heterocycles. The monoisotopic (exact) mass is 488 g/mol. The first-order chi connectivity index (χ1) is 16.4. The van der Waals surface area contributed by atoms with Gasteiger partial charge in [-0.3, -0.25) is 14.2 Å². The number of aromatic carboxylic acids is 1. The number of pyridine rings is 2. The summed E-state index contributed by atoms with van der Waals surface area (Å²) in [5.41, 5.74) is -1.31. The fraction of sp³-hybridized carbons (Fsp3) is 0.429. The van der Waals surface area contributed by atoms with E-state index in [1.807, 2.05) is 0 Å². The first-order valence-electron chi connectivity index (χ1n) is 10.8. The minimum absolute atomic E-state index is 0.0205. The van der Waals surface area contributed by atoms with E-state index < -0.39 is 22.8 Å². The van der Waals surface area contributed by atoms with Crippen molar-refractivity contribution >= 4 is 40.3 Å². The van der Waals surface area contributed by atoms with Crippen LogP contribution < -0.4 is 15.6 Å². The predicted octanol–water partition coefficient (Wildman–Crippen LogP) is 1.20. The average molecular weight is 489 g/mol. The summed E-state index contributed by atoms with van der Waals surface area (Å²) < 4.78 is 25.8. The van der Waals surface area contributed by atoms with Crippen LogP contribution in [0.25, 0.3) is 16.2 Å². The van der Waals surface area contributed by atoms with Gasteiger partial charge in [-0.15, -0.1) is 0 Å². The smallest absolute Gasteiger partial charge is 0.341 e. The first-order valence-corrected chi connectivity index (χ1v) is 11.6. The lowest BCUT2D eigenvalue weighted by Gasteiger charge is -2.39. The Morgan fingerprint density at radius 2 is 2.15 bits per heavy atom. The third-order valence-electron chi connectivity index (χ3n) is 6.03. The maximum absolute atomic E-state index is 15.0. The molecule has 5 heterocycles. The zero-order valence-corrected chi connectivity index (χ0v) is 18.8. The molecule has 1 atom stereocenters. The van der Waals surface area contributed by atoms with Crippen LogP contribution in [-0.4, -0.2) is 68.2 Å². The number of carbonyl (C=O) groups excluding carboxylic acids is 1. The fourth-order valence-corrected chi connectivity index (χ4v) is 4.66. The second-order valence-corrected chi connectivity index (χ2v) is 9.03. The molecule has 178 valence electrons. The van der Waals surface area contributed by atoms with Gasteiger partial charge < -0.3 is 20.1 Å². The molecule has 13 heteroatoms. The number of nitrogens with one attached hydrogen (secondary N) is 1. The van der Waals surface area contributed by atoms with Crippen LogP contribution in [0.2, 0.25) is 0 Å². The van der Waals surface area contributed by atoms with Crippen LogP contribution in [0.4, 0.5) is 10.2 Å². The molecule has 0 spiro atoms. The summed E-state index contributed by atoms with van der Waals surface area (Å²) in [6, 6.07) is 0.984. The van der Waals surface area contributed by atoms with Crippen LogP contribution in [0.3, 0.4) is 0 Å². The van der Waals surface area contributed by atoms with Gasteiger partial charge in [0.05, 0.1) is 17.4 Å². The van der Waals surface area contributed by atoms with Gasteiger partial charge in [-0.1, -0.05) is 0 Å². The predicted molar refractivity (Wildman–Crippen MR) is 120 cm³/mol. The van der Waals surface area contributed by atoms with Crippen molar-refractivity contribution in [3.63, 3.8) is 0 Å². The minimum atomic E-state index is -1.44. The van der Waals surface area contributed by atoms with E-state index in [2.05, 4.69) is 19.7 Å². The van der Waals surface area contributed by atoms with Gasteiger partial charge in [-0.25, -0.2) is 19.2 Å². The Hall–Kier alpha value is -3.45. The Labute approximate surface area is 196 Å². The van der Waals surface area contributed by atoms with Gasteiger partial charge in [0, 0.05) is 44.0 Å². The molecule has 5 rings (SSSR count). The molecule has 2 aliphatic rings. The molecule has 0 aliphatic carbocycles. The van der Waals surface area contributed by atoms with E-state index >= 15 is 0 Å². The number of ether oxygens (including phenoxy) is 1. The number of nitrogens with zero attached hydrogens (tertiary/aromatic N) is 5. The van der Waals surface area contributed by atoms with Gasteiger partial charge >= 0.3 is 5.97 Å². The topological polar surface area (TPSA) is 140 Å². The van der Waals surface area contributed by atoms with E-state index in [1.54, 1.807) is 4.90 Å². The molecule has 3 aromatic rings. The number of halogens is 1. The Balaban J connectivity index is 1.38. The van der Waals surface area contributed by atoms with Crippen LogP contribution in [-0.2, 0) is 9.53 Å². The minimum Gasteiger partial charge on any atom is -0.477 e. The Bertz CT molecular complexity index is 1300. The van der Waals surface area contributed by atoms with Gasteiger partial charge in [0.1, 0.15) is 11.9 Å². The number of fused-ring (bicyclic) bond motifs is 1. The van der Waals surface area contributed by atoms with Crippen LogP contribution >= 0.6 is 11.5 Å². The van der Waals surface area contributed by atoms with Crippen molar-refractivity contribution in [2.24, 2.45) is 5.92 Å². The van der Waals surface area contributed by atoms with Crippen LogP contribution in [0, 0.1) is 11.7 Å². The molecule has 2 saturated heterocycles. The van der Waals surface area contributed by atoms with Gasteiger partial charge in [0.25, 0.3) is 0 Å². The van der Waals surface area contributed by atoms with E-state index in [0.717, 1.165) is 43.1 Å². The third kappa shape index (κ3) is 4.12. The number of aromatic nitrogens is 4. The zero-order chi connectivity index (χ0) is 23.8. The number of carbonyl (C=O) groups is 2. The number of hydrogen-bond donors (Lipinski definition) is 2. The Morgan fingerprint density at radius 1 is 1.32 bits per heavy atom. The standard InChI is InChI=1S/C21H21FN6O5S/c22-15-5-13-16(29)14(20(31)32)9-28(21-24-10-25-34-21)17(13)26-18(15)27-7-11(8-27)19(30)23-6-12-3-1-2-4-33-12/h5,9-12H,1-4,6-8H2,(H,23,30)(H,31,32). The first kappa shape index (κ1) is 22.3. The van der Waals surface area contributed by atoms with Gasteiger partial charge in [0.2, 0.25) is 16.5 Å². The molecular weight excluding hydrogens is 467 g/mol. The molecule has 11 nitrogen and oxygen atoms in total. The third-order valence-corrected chi connectivity index (χ3v) is 6.69. The highest BCUT2D eigenvalue weighted by Gasteiger charge is 2.35. The fourth-order valence-electron chi connectivity index (χ4n) is 4.15. The summed E-state index contributed by atoms with van der Waals surface area (Å²) in [5, 5.41) is 12.4. The second-order valence-electron chi connectivity index (χ2n) is 8.27. The summed E-state index contributed by atoms with van der Waals surface area (Å²) >= 11 is 0.973. The summed E-state index contributed by atoms with van der Waals surface area (Å²) in [4.78, 5) is 46.7. The summed E-state index contributed by atoms with van der Waals surface area (Å²) in [5.74, 6) is -2.67. The molecule has 2 N–H and O–H groups in total. The van der Waals surface area contributed by atoms with Crippen molar-refractivity contribution in [2.75, 3.05) is 31.1 Å². The molecule has 34 heavy (non-hydrogen) atoms. The number of rotatable bonds is 6. The van der Waals surface area contributed by atoms with E-state index in [-0.39, 0.29) is 53.0 Å². The lowest BCUT2D eigenvalue weighted by atomic mass is 9.98. The highest BCUT2D eigenvalue weighted by atomic mass is 32.1. The van der Waals surface area contributed by atoms with Crippen LogP contribution in [0.5, 0.6) is 0 Å². The molecule has 2 fully saturated rings. The van der Waals surface area contributed by atoms with Gasteiger partial charge in [0.15, 0.2) is 17.3 Å². The molecular formula is C21H21FN6O5S. The molecule has 0 bridgehead atoms. The van der Waals surface area contributed by atoms with Crippen molar-refractivity contribution in [1.82, 2.24) is 24.2 Å². The van der Waals surface area contributed by atoms with E-state index in [9.17, 15) is 23.9 Å². The molecule has 0 aromatic carbocycles. The number of hydrogen-bond acceptors (Lipinski definition) is 9.